The third-order valence-electron chi connectivity index (χ3n) is 4.34. The monoisotopic (exact) mass is 286 g/mol. The van der Waals surface area contributed by atoms with Gasteiger partial charge in [-0.25, -0.2) is 8.78 Å². The van der Waals surface area contributed by atoms with E-state index in [1.165, 1.54) is 0 Å². The topological polar surface area (TPSA) is 0 Å². The molecule has 3 fully saturated rings. The van der Waals surface area contributed by atoms with Gasteiger partial charge in [0.1, 0.15) is 5.41 Å². The normalized spacial score (nSPS) is 36.9. The molecule has 2 bridgehead atoms. The van der Waals surface area contributed by atoms with Gasteiger partial charge in [-0.15, -0.1) is 0 Å². The van der Waals surface area contributed by atoms with E-state index in [1.807, 2.05) is 0 Å². The number of halogens is 5. The van der Waals surface area contributed by atoms with Crippen molar-refractivity contribution in [1.29, 1.82) is 0 Å². The van der Waals surface area contributed by atoms with Gasteiger partial charge in [0.05, 0.1) is 0 Å². The third-order valence-corrected chi connectivity index (χ3v) is 4.34. The molecule has 0 heterocycles. The number of rotatable bonds is 0. The van der Waals surface area contributed by atoms with Crippen LogP contribution in [0.15, 0.2) is 0 Å². The van der Waals surface area contributed by atoms with Gasteiger partial charge in [0.15, 0.2) is 0 Å². The summed E-state index contributed by atoms with van der Waals surface area (Å²) in [6.07, 6.45) is -3.75. The lowest BCUT2D eigenvalue weighted by Crippen LogP contribution is -2.63. The first-order valence-electron chi connectivity index (χ1n) is 6.89. The summed E-state index contributed by atoms with van der Waals surface area (Å²) in [6, 6.07) is 0. The van der Waals surface area contributed by atoms with E-state index in [-0.39, 0.29) is 25.7 Å². The minimum absolute atomic E-state index is 0.239. The predicted octanol–water partition coefficient (Wildman–Crippen LogP) is 5.67. The molecule has 3 aliphatic carbocycles. The van der Waals surface area contributed by atoms with Gasteiger partial charge in [-0.2, -0.15) is 13.2 Å². The van der Waals surface area contributed by atoms with E-state index in [0.29, 0.717) is 6.92 Å². The summed E-state index contributed by atoms with van der Waals surface area (Å²) >= 11 is 0. The van der Waals surface area contributed by atoms with E-state index in [9.17, 15) is 22.0 Å². The molecule has 19 heavy (non-hydrogen) atoms. The van der Waals surface area contributed by atoms with Gasteiger partial charge >= 0.3 is 6.18 Å². The van der Waals surface area contributed by atoms with Crippen LogP contribution in [0, 0.1) is 23.2 Å². The Labute approximate surface area is 111 Å². The van der Waals surface area contributed by atoms with E-state index in [2.05, 4.69) is 20.8 Å². The second kappa shape index (κ2) is 5.21. The molecule has 5 heteroatoms. The Morgan fingerprint density at radius 2 is 1.21 bits per heavy atom. The van der Waals surface area contributed by atoms with Crippen molar-refractivity contribution >= 4 is 0 Å². The summed E-state index contributed by atoms with van der Waals surface area (Å²) in [5, 5.41) is 0. The van der Waals surface area contributed by atoms with Crippen molar-refractivity contribution in [3.63, 3.8) is 0 Å². The lowest BCUT2D eigenvalue weighted by atomic mass is 9.54. The molecule has 0 nitrogen and oxygen atoms in total. The SMILES string of the molecule is CC(C)C.CC1(C(F)(F)F)C2CCC(CC2)C1(F)F. The molecule has 0 aromatic rings. The van der Waals surface area contributed by atoms with Crippen molar-refractivity contribution < 1.29 is 22.0 Å². The van der Waals surface area contributed by atoms with Crippen LogP contribution in [0.5, 0.6) is 0 Å². The second-order valence-corrected chi connectivity index (χ2v) is 6.60. The quantitative estimate of drug-likeness (QED) is 0.503. The Morgan fingerprint density at radius 3 is 1.42 bits per heavy atom. The van der Waals surface area contributed by atoms with Crippen LogP contribution in [0.25, 0.3) is 0 Å². The zero-order valence-corrected chi connectivity index (χ0v) is 12.0. The Hall–Kier alpha value is -0.350. The van der Waals surface area contributed by atoms with Crippen LogP contribution in [0.1, 0.15) is 53.4 Å². The summed E-state index contributed by atoms with van der Waals surface area (Å²) in [7, 11) is 0. The van der Waals surface area contributed by atoms with Crippen molar-refractivity contribution in [2.75, 3.05) is 0 Å². The molecule has 0 amide bonds. The molecule has 1 atom stereocenters. The van der Waals surface area contributed by atoms with E-state index in [1.54, 1.807) is 0 Å². The zero-order chi connectivity index (χ0) is 15.1. The highest BCUT2D eigenvalue weighted by Gasteiger charge is 2.74. The smallest absolute Gasteiger partial charge is 0.206 e. The van der Waals surface area contributed by atoms with E-state index >= 15 is 0 Å². The predicted molar refractivity (Wildman–Crippen MR) is 65.1 cm³/mol. The molecule has 0 radical (unpaired) electrons. The Bertz CT molecular complexity index is 297. The van der Waals surface area contributed by atoms with Gasteiger partial charge in [0.25, 0.3) is 5.92 Å². The molecule has 0 aliphatic heterocycles. The molecule has 0 aromatic heterocycles. The fourth-order valence-electron chi connectivity index (χ4n) is 3.15. The highest BCUT2D eigenvalue weighted by atomic mass is 19.4. The minimum Gasteiger partial charge on any atom is -0.206 e. The van der Waals surface area contributed by atoms with E-state index in [4.69, 9.17) is 0 Å². The summed E-state index contributed by atoms with van der Waals surface area (Å²) in [5.74, 6) is -4.74. The van der Waals surface area contributed by atoms with Crippen molar-refractivity contribution in [3.05, 3.63) is 0 Å². The maximum absolute atomic E-state index is 13.7. The summed E-state index contributed by atoms with van der Waals surface area (Å²) < 4.78 is 65.8. The fourth-order valence-corrected chi connectivity index (χ4v) is 3.15. The Kier molecular flexibility index (Phi) is 4.58. The van der Waals surface area contributed by atoms with Crippen LogP contribution in [-0.4, -0.2) is 12.1 Å². The van der Waals surface area contributed by atoms with Crippen LogP contribution in [0.4, 0.5) is 22.0 Å². The van der Waals surface area contributed by atoms with Crippen molar-refractivity contribution in [1.82, 2.24) is 0 Å². The number of hydrogen-bond acceptors (Lipinski definition) is 0. The third kappa shape index (κ3) is 2.75. The van der Waals surface area contributed by atoms with Crippen LogP contribution in [0.2, 0.25) is 0 Å². The first-order valence-corrected chi connectivity index (χ1v) is 6.89. The summed E-state index contributed by atoms with van der Waals surface area (Å²) in [4.78, 5) is 0. The summed E-state index contributed by atoms with van der Waals surface area (Å²) in [6.45, 7) is 7.20. The van der Waals surface area contributed by atoms with Gasteiger partial charge in [0.2, 0.25) is 0 Å². The number of alkyl halides is 5. The zero-order valence-electron chi connectivity index (χ0n) is 12.0. The maximum atomic E-state index is 13.7. The lowest BCUT2D eigenvalue weighted by Gasteiger charge is -2.55. The first-order chi connectivity index (χ1) is 8.44. The number of fused-ring (bicyclic) bond motifs is 3. The van der Waals surface area contributed by atoms with Gasteiger partial charge in [-0.1, -0.05) is 20.8 Å². The highest BCUT2D eigenvalue weighted by Crippen LogP contribution is 2.66. The average Bonchev–Trinajstić information content (AvgIpc) is 2.23. The minimum atomic E-state index is -4.81. The van der Waals surface area contributed by atoms with Gasteiger partial charge in [0, 0.05) is 5.92 Å². The van der Waals surface area contributed by atoms with Crippen LogP contribution in [0.3, 0.4) is 0 Å². The van der Waals surface area contributed by atoms with Crippen molar-refractivity contribution in [3.8, 4) is 0 Å². The van der Waals surface area contributed by atoms with Crippen LogP contribution in [-0.2, 0) is 0 Å². The largest absolute Gasteiger partial charge is 0.400 e. The van der Waals surface area contributed by atoms with Crippen LogP contribution >= 0.6 is 0 Å². The second-order valence-electron chi connectivity index (χ2n) is 6.60. The molecular formula is C14H23F5. The molecule has 3 rings (SSSR count). The van der Waals surface area contributed by atoms with Crippen molar-refractivity contribution in [2.24, 2.45) is 23.2 Å². The molecular weight excluding hydrogens is 263 g/mol. The van der Waals surface area contributed by atoms with Crippen molar-refractivity contribution in [2.45, 2.75) is 65.5 Å². The van der Waals surface area contributed by atoms with E-state index in [0.717, 1.165) is 5.92 Å². The number of hydrogen-bond donors (Lipinski definition) is 0. The maximum Gasteiger partial charge on any atom is 0.400 e. The fraction of sp³-hybridized carbons (Fsp3) is 1.00. The van der Waals surface area contributed by atoms with E-state index < -0.39 is 29.3 Å². The average molecular weight is 286 g/mol. The van der Waals surface area contributed by atoms with Crippen LogP contribution < -0.4 is 0 Å². The first kappa shape index (κ1) is 16.7. The molecule has 0 saturated heterocycles. The Morgan fingerprint density at radius 1 is 0.895 bits per heavy atom. The standard InChI is InChI=1S/C10H13F5.C4H10/c1-8(10(13,14)15)6-2-4-7(5-3-6)9(8,11)12;1-4(2)3/h6-7H,2-5H2,1H3;4H,1-3H3. The highest BCUT2D eigenvalue weighted by molar-refractivity contribution is 5.08. The molecule has 0 aromatic carbocycles. The van der Waals surface area contributed by atoms with Gasteiger partial charge in [-0.3, -0.25) is 0 Å². The molecule has 3 saturated carbocycles. The molecule has 114 valence electrons. The molecule has 0 spiro atoms. The van der Waals surface area contributed by atoms with Gasteiger partial charge < -0.3 is 0 Å². The molecule has 0 N–H and O–H groups in total. The molecule has 3 aliphatic rings. The molecule has 1 unspecified atom stereocenters. The van der Waals surface area contributed by atoms with Gasteiger partial charge in [-0.05, 0) is 44.4 Å². The Balaban J connectivity index is 0.000000399. The summed E-state index contributed by atoms with van der Waals surface area (Å²) in [5.41, 5.74) is -2.80. The lowest BCUT2D eigenvalue weighted by molar-refractivity contribution is -0.352.